The Morgan fingerprint density at radius 2 is 1.31 bits per heavy atom. The zero-order valence-corrected chi connectivity index (χ0v) is 14.7. The van der Waals surface area contributed by atoms with Crippen LogP contribution in [0.15, 0.2) is 0 Å². The summed E-state index contributed by atoms with van der Waals surface area (Å²) in [5.41, 5.74) is -5.96. The third-order valence-electron chi connectivity index (χ3n) is 2.75. The van der Waals surface area contributed by atoms with E-state index in [0.29, 0.717) is 12.8 Å². The van der Waals surface area contributed by atoms with E-state index in [0.717, 1.165) is 0 Å². The van der Waals surface area contributed by atoms with Gasteiger partial charge in [0.05, 0.1) is 0 Å². The summed E-state index contributed by atoms with van der Waals surface area (Å²) in [5.74, 6) is -12.8. The number of halogens is 11. The Labute approximate surface area is 155 Å². The molecule has 0 saturated carbocycles. The Bertz CT molecular complexity index is 821. The summed E-state index contributed by atoms with van der Waals surface area (Å²) in [6.07, 6.45) is -4.77. The van der Waals surface area contributed by atoms with Crippen LogP contribution in [0.5, 0.6) is 0 Å². The van der Waals surface area contributed by atoms with Crippen molar-refractivity contribution in [2.75, 3.05) is 0 Å². The molecule has 0 radical (unpaired) electrons. The number of amides is 1. The number of hydrogen-bond donors (Lipinski definition) is 1. The molecule has 1 N–H and O–H groups in total. The monoisotopic (exact) mass is 471 g/mol. The van der Waals surface area contributed by atoms with Crippen molar-refractivity contribution in [1.82, 2.24) is 4.72 Å². The van der Waals surface area contributed by atoms with E-state index in [9.17, 15) is 61.5 Å². The van der Waals surface area contributed by atoms with Crippen LogP contribution < -0.4 is 9.29 Å². The number of unbranched alkanes of at least 4 members (excludes halogenated alkanes) is 1. The zero-order chi connectivity index (χ0) is 23.4. The van der Waals surface area contributed by atoms with E-state index in [1.165, 1.54) is 0 Å². The highest BCUT2D eigenvalue weighted by molar-refractivity contribution is 7.90. The van der Waals surface area contributed by atoms with Crippen molar-refractivity contribution in [2.24, 2.45) is 0 Å². The molecule has 0 spiro atoms. The molecule has 0 atom stereocenters. The summed E-state index contributed by atoms with van der Waals surface area (Å²) >= 11 is 0. The first-order valence-electron chi connectivity index (χ1n) is 7.00. The number of rotatable bonds is 4. The summed E-state index contributed by atoms with van der Waals surface area (Å²) in [6.45, 7) is 1.51. The van der Waals surface area contributed by atoms with Gasteiger partial charge in [0.1, 0.15) is 0 Å². The van der Waals surface area contributed by atoms with Crippen molar-refractivity contribution in [3.05, 3.63) is 29.3 Å². The molecular weight excluding hydrogens is 461 g/mol. The SMILES string of the molecule is CCCC[n+]1c(F)c(F)c(F)c(F)c1F.O=C(NS(=O)(=O)C(F)(F)F)C(F)(F)F. The number of carbonyl (C=O) groups excluding carboxylic acids is 1. The lowest BCUT2D eigenvalue weighted by Gasteiger charge is -2.10. The van der Waals surface area contributed by atoms with Gasteiger partial charge in [-0.25, -0.2) is 4.72 Å². The molecule has 0 fully saturated rings. The maximum absolute atomic E-state index is 13.0. The number of pyridine rings is 1. The van der Waals surface area contributed by atoms with E-state index < -0.39 is 57.0 Å². The number of hydrogen-bond acceptors (Lipinski definition) is 3. The second kappa shape index (κ2) is 9.53. The van der Waals surface area contributed by atoms with Crippen LogP contribution in [0.1, 0.15) is 19.8 Å². The molecule has 1 aromatic rings. The van der Waals surface area contributed by atoms with E-state index in [1.807, 2.05) is 0 Å². The highest BCUT2D eigenvalue weighted by atomic mass is 32.2. The van der Waals surface area contributed by atoms with E-state index in [4.69, 9.17) is 0 Å². The first-order chi connectivity index (χ1) is 12.9. The smallest absolute Gasteiger partial charge is 0.263 e. The Morgan fingerprint density at radius 3 is 1.62 bits per heavy atom. The fourth-order valence-electron chi connectivity index (χ4n) is 1.35. The fraction of sp³-hybridized carbons (Fsp3) is 0.500. The number of nitrogens with one attached hydrogen (secondary N) is 1. The van der Waals surface area contributed by atoms with Crippen LogP contribution in [0.2, 0.25) is 0 Å². The van der Waals surface area contributed by atoms with Gasteiger partial charge in [-0.3, -0.25) is 4.79 Å². The molecule has 0 aliphatic heterocycles. The number of aromatic nitrogens is 1. The van der Waals surface area contributed by atoms with Crippen LogP contribution in [0.25, 0.3) is 0 Å². The first kappa shape index (κ1) is 26.8. The van der Waals surface area contributed by atoms with Crippen LogP contribution in [0.3, 0.4) is 0 Å². The van der Waals surface area contributed by atoms with Gasteiger partial charge < -0.3 is 0 Å². The van der Waals surface area contributed by atoms with Gasteiger partial charge in [-0.2, -0.15) is 47.9 Å². The molecule has 17 heteroatoms. The summed E-state index contributed by atoms with van der Waals surface area (Å²) in [7, 11) is -6.30. The molecule has 1 heterocycles. The minimum absolute atomic E-state index is 0.150. The van der Waals surface area contributed by atoms with E-state index >= 15 is 0 Å². The van der Waals surface area contributed by atoms with Crippen LogP contribution in [-0.2, 0) is 21.4 Å². The van der Waals surface area contributed by atoms with E-state index in [1.54, 1.807) is 6.92 Å². The molecule has 1 amide bonds. The molecule has 0 aliphatic carbocycles. The van der Waals surface area contributed by atoms with Crippen LogP contribution >= 0.6 is 0 Å². The Morgan fingerprint density at radius 1 is 0.897 bits per heavy atom. The fourth-order valence-corrected chi connectivity index (χ4v) is 1.83. The molecule has 168 valence electrons. The van der Waals surface area contributed by atoms with Crippen LogP contribution in [-0.4, -0.2) is 26.0 Å². The average molecular weight is 471 g/mol. The molecule has 0 bridgehead atoms. The number of sulfonamides is 1. The molecule has 29 heavy (non-hydrogen) atoms. The maximum Gasteiger partial charge on any atom is 0.516 e. The predicted octanol–water partition coefficient (Wildman–Crippen LogP) is 2.98. The lowest BCUT2D eigenvalue weighted by Crippen LogP contribution is -2.46. The van der Waals surface area contributed by atoms with E-state index in [2.05, 4.69) is 0 Å². The van der Waals surface area contributed by atoms with Crippen molar-refractivity contribution in [3.63, 3.8) is 0 Å². The first-order valence-corrected chi connectivity index (χ1v) is 8.48. The molecule has 0 aliphatic rings. The minimum Gasteiger partial charge on any atom is -0.263 e. The predicted molar refractivity (Wildman–Crippen MR) is 70.5 cm³/mol. The van der Waals surface area contributed by atoms with Crippen LogP contribution in [0.4, 0.5) is 48.3 Å². The summed E-state index contributed by atoms with van der Waals surface area (Å²) < 4.78 is 152. The summed E-state index contributed by atoms with van der Waals surface area (Å²) in [6, 6.07) is 0. The summed E-state index contributed by atoms with van der Waals surface area (Å²) in [4.78, 5) is 9.81. The van der Waals surface area contributed by atoms with Crippen molar-refractivity contribution < 1.29 is 66.1 Å². The van der Waals surface area contributed by atoms with E-state index in [-0.39, 0.29) is 15.8 Å². The van der Waals surface area contributed by atoms with Crippen molar-refractivity contribution in [3.8, 4) is 0 Å². The molecular formula is C12H10F11N2O3S+. The lowest BCUT2D eigenvalue weighted by molar-refractivity contribution is -0.753. The molecule has 0 unspecified atom stereocenters. The number of nitrogens with zero attached hydrogens (tertiary/aromatic N) is 1. The second-order valence-corrected chi connectivity index (χ2v) is 6.58. The quantitative estimate of drug-likeness (QED) is 0.417. The minimum atomic E-state index is -6.30. The Balaban J connectivity index is 0.000000543. The maximum atomic E-state index is 13.0. The van der Waals surface area contributed by atoms with Gasteiger partial charge in [0.15, 0.2) is 6.54 Å². The largest absolute Gasteiger partial charge is 0.516 e. The van der Waals surface area contributed by atoms with Crippen molar-refractivity contribution in [2.45, 2.75) is 38.0 Å². The highest BCUT2D eigenvalue weighted by Crippen LogP contribution is 2.23. The number of carbonyl (C=O) groups is 1. The molecule has 1 aromatic heterocycles. The van der Waals surface area contributed by atoms with Gasteiger partial charge >= 0.3 is 39.5 Å². The topological polar surface area (TPSA) is 67.1 Å². The van der Waals surface area contributed by atoms with Gasteiger partial charge in [-0.1, -0.05) is 13.3 Å². The van der Waals surface area contributed by atoms with Gasteiger partial charge in [0.2, 0.25) is 5.82 Å². The van der Waals surface area contributed by atoms with Crippen LogP contribution in [0, 0.1) is 29.3 Å². The van der Waals surface area contributed by atoms with Gasteiger partial charge in [0, 0.05) is 6.42 Å². The molecule has 0 saturated heterocycles. The third-order valence-corrected chi connectivity index (χ3v) is 3.81. The third kappa shape index (κ3) is 6.97. The van der Waals surface area contributed by atoms with Crippen molar-refractivity contribution >= 4 is 15.9 Å². The Hall–Kier alpha value is -2.20. The molecule has 0 aromatic carbocycles. The zero-order valence-electron chi connectivity index (χ0n) is 13.9. The van der Waals surface area contributed by atoms with Gasteiger partial charge in [-0.15, -0.1) is 13.3 Å². The summed E-state index contributed by atoms with van der Waals surface area (Å²) in [5, 5.41) is 0. The highest BCUT2D eigenvalue weighted by Gasteiger charge is 2.51. The van der Waals surface area contributed by atoms with Gasteiger partial charge in [0.25, 0.3) is 11.6 Å². The Kier molecular flexibility index (Phi) is 8.81. The van der Waals surface area contributed by atoms with Gasteiger partial charge in [-0.05, 0) is 0 Å². The number of alkyl halides is 6. The average Bonchev–Trinajstić information content (AvgIpc) is 2.56. The molecule has 5 nitrogen and oxygen atoms in total. The second-order valence-electron chi connectivity index (χ2n) is 4.91. The molecule has 1 rings (SSSR count). The normalized spacial score (nSPS) is 12.3. The van der Waals surface area contributed by atoms with Crippen molar-refractivity contribution in [1.29, 1.82) is 0 Å². The lowest BCUT2D eigenvalue weighted by atomic mass is 10.3. The standard InChI is InChI=1S/C9H9F5N.C3HF6NO3S/c1-2-3-4-15-8(13)6(11)5(10)7(12)9(15)14;4-2(5,6)1(11)10-14(12,13)3(7,8)9/h2-4H2,1H3;(H,10,11)/q+1;.